The zero-order chi connectivity index (χ0) is 24.9. The van der Waals surface area contributed by atoms with Crippen LogP contribution in [-0.4, -0.2) is 78.1 Å². The van der Waals surface area contributed by atoms with Crippen LogP contribution >= 0.6 is 0 Å². The minimum Gasteiger partial charge on any atom is -0.486 e. The lowest BCUT2D eigenvalue weighted by molar-refractivity contribution is 0.141. The van der Waals surface area contributed by atoms with E-state index in [0.29, 0.717) is 73.4 Å². The summed E-state index contributed by atoms with van der Waals surface area (Å²) >= 11 is 0. The van der Waals surface area contributed by atoms with Crippen molar-refractivity contribution in [3.05, 3.63) is 47.7 Å². The summed E-state index contributed by atoms with van der Waals surface area (Å²) in [5, 5.41) is 12.8. The van der Waals surface area contributed by atoms with E-state index in [1.807, 2.05) is 6.07 Å². The van der Waals surface area contributed by atoms with Gasteiger partial charge in [-0.15, -0.1) is 0 Å². The third-order valence-electron chi connectivity index (χ3n) is 6.83. The lowest BCUT2D eigenvalue weighted by Crippen LogP contribution is -2.32. The lowest BCUT2D eigenvalue weighted by Gasteiger charge is -2.20. The molecule has 0 aromatic carbocycles. The van der Waals surface area contributed by atoms with E-state index in [0.717, 1.165) is 31.1 Å². The summed E-state index contributed by atoms with van der Waals surface area (Å²) < 4.78 is 31.1. The topological polar surface area (TPSA) is 114 Å². The van der Waals surface area contributed by atoms with Gasteiger partial charge in [-0.1, -0.05) is 0 Å². The molecule has 0 spiro atoms. The third-order valence-corrected chi connectivity index (χ3v) is 6.83. The molecule has 5 rings (SSSR count). The lowest BCUT2D eigenvalue weighted by atomic mass is 9.96. The molecule has 1 unspecified atom stereocenters. The molecule has 1 saturated heterocycles. The third kappa shape index (κ3) is 5.49. The van der Waals surface area contributed by atoms with Crippen LogP contribution in [0.2, 0.25) is 0 Å². The standard InChI is InChI=1S/C25H31FN6O4/c1-34-24-3-2-21-25(31-24)19(20(26)12-29-21)4-5-32-14-16(17(15-32)10-30-33)9-27-11-18-8-22-23(13-28-18)36-7-6-35-22/h2-3,8,12-13,16-17,27,30,33H,4-7,9-11,14-15H2,1H3/t16-,17?/m1/s1. The Bertz CT molecular complexity index is 1200. The van der Waals surface area contributed by atoms with Crippen LogP contribution in [0.4, 0.5) is 4.39 Å². The van der Waals surface area contributed by atoms with Gasteiger partial charge in [0.1, 0.15) is 19.0 Å². The highest BCUT2D eigenvalue weighted by Crippen LogP contribution is 2.29. The van der Waals surface area contributed by atoms with Gasteiger partial charge < -0.3 is 29.6 Å². The molecule has 36 heavy (non-hydrogen) atoms. The highest BCUT2D eigenvalue weighted by Gasteiger charge is 2.32. The first-order valence-corrected chi connectivity index (χ1v) is 12.2. The van der Waals surface area contributed by atoms with E-state index >= 15 is 0 Å². The fourth-order valence-electron chi connectivity index (χ4n) is 4.97. The molecule has 1 fully saturated rings. The minimum atomic E-state index is -0.360. The first kappa shape index (κ1) is 24.6. The van der Waals surface area contributed by atoms with Gasteiger partial charge in [-0.25, -0.2) is 14.9 Å². The molecule has 3 aromatic rings. The molecule has 2 aliphatic rings. The molecular formula is C25H31FN6O4. The highest BCUT2D eigenvalue weighted by atomic mass is 19.1. The molecule has 2 aliphatic heterocycles. The van der Waals surface area contributed by atoms with Crippen molar-refractivity contribution in [2.75, 3.05) is 53.0 Å². The number of pyridine rings is 3. The molecule has 0 saturated carbocycles. The SMILES string of the molecule is COc1ccc2ncc(F)c(CCN3CC(CNO)[C@H](CNCc4cc5c(cn4)OCCO5)C3)c2n1. The number of halogens is 1. The van der Waals surface area contributed by atoms with Crippen molar-refractivity contribution in [1.29, 1.82) is 0 Å². The molecule has 2 atom stereocenters. The van der Waals surface area contributed by atoms with E-state index in [9.17, 15) is 9.60 Å². The first-order chi connectivity index (χ1) is 17.6. The summed E-state index contributed by atoms with van der Waals surface area (Å²) in [5.41, 5.74) is 4.94. The van der Waals surface area contributed by atoms with Crippen LogP contribution in [0.5, 0.6) is 17.4 Å². The van der Waals surface area contributed by atoms with Gasteiger partial charge in [0.05, 0.1) is 36.2 Å². The Morgan fingerprint density at radius 1 is 1.11 bits per heavy atom. The van der Waals surface area contributed by atoms with Crippen LogP contribution in [0.15, 0.2) is 30.6 Å². The van der Waals surface area contributed by atoms with Gasteiger partial charge in [0, 0.05) is 50.4 Å². The molecule has 3 N–H and O–H groups in total. The van der Waals surface area contributed by atoms with Crippen molar-refractivity contribution in [2.24, 2.45) is 11.8 Å². The Kier molecular flexibility index (Phi) is 7.71. The van der Waals surface area contributed by atoms with Crippen molar-refractivity contribution in [2.45, 2.75) is 13.0 Å². The fourth-order valence-corrected chi connectivity index (χ4v) is 4.97. The van der Waals surface area contributed by atoms with Crippen LogP contribution in [0.1, 0.15) is 11.3 Å². The van der Waals surface area contributed by atoms with E-state index in [1.165, 1.54) is 13.3 Å². The van der Waals surface area contributed by atoms with Crippen LogP contribution in [-0.2, 0) is 13.0 Å². The second kappa shape index (κ2) is 11.3. The summed E-state index contributed by atoms with van der Waals surface area (Å²) in [6, 6.07) is 5.43. The molecule has 0 aliphatic carbocycles. The van der Waals surface area contributed by atoms with Crippen molar-refractivity contribution in [3.8, 4) is 17.4 Å². The Morgan fingerprint density at radius 3 is 2.72 bits per heavy atom. The predicted molar refractivity (Wildman–Crippen MR) is 130 cm³/mol. The van der Waals surface area contributed by atoms with Gasteiger partial charge in [-0.3, -0.25) is 9.97 Å². The average molecular weight is 499 g/mol. The first-order valence-electron chi connectivity index (χ1n) is 12.2. The van der Waals surface area contributed by atoms with Crippen LogP contribution in [0.25, 0.3) is 11.0 Å². The van der Waals surface area contributed by atoms with Crippen molar-refractivity contribution >= 4 is 11.0 Å². The maximum absolute atomic E-state index is 14.7. The normalized spacial score (nSPS) is 19.6. The molecule has 5 heterocycles. The van der Waals surface area contributed by atoms with E-state index in [4.69, 9.17) is 14.2 Å². The van der Waals surface area contributed by atoms with Crippen LogP contribution in [0, 0.1) is 17.7 Å². The number of rotatable bonds is 10. The highest BCUT2D eigenvalue weighted by molar-refractivity contribution is 5.78. The second-order valence-corrected chi connectivity index (χ2v) is 9.15. The van der Waals surface area contributed by atoms with Crippen molar-refractivity contribution in [1.82, 2.24) is 30.6 Å². The summed E-state index contributed by atoms with van der Waals surface area (Å²) in [6.07, 6.45) is 3.46. The van der Waals surface area contributed by atoms with Gasteiger partial charge in [-0.2, -0.15) is 0 Å². The summed E-state index contributed by atoms with van der Waals surface area (Å²) in [4.78, 5) is 15.4. The van der Waals surface area contributed by atoms with E-state index in [-0.39, 0.29) is 11.7 Å². The number of hydrogen-bond donors (Lipinski definition) is 3. The van der Waals surface area contributed by atoms with Crippen LogP contribution in [0.3, 0.4) is 0 Å². The molecule has 10 nitrogen and oxygen atoms in total. The quantitative estimate of drug-likeness (QED) is 0.358. The van der Waals surface area contributed by atoms with E-state index in [2.05, 4.69) is 30.6 Å². The number of hydroxylamine groups is 1. The van der Waals surface area contributed by atoms with Gasteiger partial charge in [-0.05, 0) is 30.9 Å². The number of fused-ring (bicyclic) bond motifs is 2. The van der Waals surface area contributed by atoms with Crippen molar-refractivity contribution in [3.63, 3.8) is 0 Å². The van der Waals surface area contributed by atoms with E-state index in [1.54, 1.807) is 18.3 Å². The van der Waals surface area contributed by atoms with Gasteiger partial charge in [0.2, 0.25) is 5.88 Å². The fraction of sp³-hybridized carbons (Fsp3) is 0.480. The number of hydrogen-bond acceptors (Lipinski definition) is 10. The van der Waals surface area contributed by atoms with Crippen molar-refractivity contribution < 1.29 is 23.8 Å². The molecule has 0 radical (unpaired) electrons. The Balaban J connectivity index is 1.19. The van der Waals surface area contributed by atoms with Gasteiger partial charge in [0.25, 0.3) is 0 Å². The molecule has 11 heteroatoms. The predicted octanol–water partition coefficient (Wildman–Crippen LogP) is 1.80. The zero-order valence-electron chi connectivity index (χ0n) is 20.2. The number of ether oxygens (including phenoxy) is 3. The zero-order valence-corrected chi connectivity index (χ0v) is 20.2. The molecular weight excluding hydrogens is 467 g/mol. The summed E-state index contributed by atoms with van der Waals surface area (Å²) in [6.45, 7) is 5.28. The number of methoxy groups -OCH3 is 1. The Morgan fingerprint density at radius 2 is 1.92 bits per heavy atom. The Labute approximate surface area is 208 Å². The smallest absolute Gasteiger partial charge is 0.213 e. The monoisotopic (exact) mass is 498 g/mol. The second-order valence-electron chi connectivity index (χ2n) is 9.15. The Hall–Kier alpha value is -3.12. The maximum atomic E-state index is 14.7. The number of likely N-dealkylation sites (tertiary alicyclic amines) is 1. The molecule has 0 amide bonds. The summed E-state index contributed by atoms with van der Waals surface area (Å²) in [5.74, 6) is 2.06. The van der Waals surface area contributed by atoms with Gasteiger partial charge >= 0.3 is 0 Å². The summed E-state index contributed by atoms with van der Waals surface area (Å²) in [7, 11) is 1.54. The maximum Gasteiger partial charge on any atom is 0.213 e. The number of nitrogens with zero attached hydrogens (tertiary/aromatic N) is 4. The minimum absolute atomic E-state index is 0.257. The largest absolute Gasteiger partial charge is 0.486 e. The number of aromatic nitrogens is 3. The number of nitrogens with one attached hydrogen (secondary N) is 2. The average Bonchev–Trinajstić information content (AvgIpc) is 3.29. The molecule has 3 aromatic heterocycles. The molecule has 0 bridgehead atoms. The molecule has 192 valence electrons. The van der Waals surface area contributed by atoms with Crippen LogP contribution < -0.4 is 25.0 Å². The van der Waals surface area contributed by atoms with E-state index < -0.39 is 0 Å². The van der Waals surface area contributed by atoms with Gasteiger partial charge in [0.15, 0.2) is 11.5 Å².